The minimum atomic E-state index is -3.76. The van der Waals surface area contributed by atoms with Crippen LogP contribution in [-0.4, -0.2) is 30.4 Å². The molecule has 0 aliphatic carbocycles. The van der Waals surface area contributed by atoms with Crippen molar-refractivity contribution in [3.8, 4) is 16.9 Å². The predicted molar refractivity (Wildman–Crippen MR) is 106 cm³/mol. The Morgan fingerprint density at radius 3 is 2.27 bits per heavy atom. The molecule has 2 aromatic carbocycles. The molecule has 0 spiro atoms. The fraction of sp³-hybridized carbons (Fsp3) is 0.0588. The number of rotatable bonds is 4. The number of aromatic nitrogens is 2. The molecular weight excluding hydrogens is 370 g/mol. The van der Waals surface area contributed by atoms with Crippen LogP contribution in [0.5, 0.6) is 0 Å². The van der Waals surface area contributed by atoms with Crippen LogP contribution in [0.3, 0.4) is 0 Å². The number of benzene rings is 2. The molecule has 0 unspecified atom stereocenters. The summed E-state index contributed by atoms with van der Waals surface area (Å²) in [6.45, 7) is 0. The minimum absolute atomic E-state index is 0.0372. The Balaban J connectivity index is 2.14. The van der Waals surface area contributed by atoms with Gasteiger partial charge in [0.05, 0.1) is 16.3 Å². The fourth-order valence-electron chi connectivity index (χ4n) is 2.43. The van der Waals surface area contributed by atoms with Gasteiger partial charge in [0.2, 0.25) is 10.0 Å². The second kappa shape index (κ2) is 6.87. The lowest BCUT2D eigenvalue weighted by Crippen LogP contribution is -2.31. The van der Waals surface area contributed by atoms with E-state index in [0.717, 1.165) is 11.3 Å². The van der Waals surface area contributed by atoms with Crippen LogP contribution in [0.15, 0.2) is 65.6 Å². The summed E-state index contributed by atoms with van der Waals surface area (Å²) in [7, 11) is -2.03. The van der Waals surface area contributed by atoms with E-state index in [0.29, 0.717) is 11.5 Å². The maximum Gasteiger partial charge on any atom is 0.238 e. The standard InChI is InChI=1S/C17H17N5O2S2/c1-21(17(18)25)16-11-15(12-5-3-2-4-6-12)22(20-16)13-7-9-14(10-8-13)26(19,23)24/h2-11H,1H3,(H2,18,25)(H2,19,23,24). The van der Waals surface area contributed by atoms with E-state index < -0.39 is 10.0 Å². The normalized spacial score (nSPS) is 11.3. The molecule has 0 fully saturated rings. The Hall–Kier alpha value is -2.75. The maximum atomic E-state index is 11.5. The summed E-state index contributed by atoms with van der Waals surface area (Å²) < 4.78 is 24.6. The zero-order chi connectivity index (χ0) is 18.9. The molecule has 1 heterocycles. The van der Waals surface area contributed by atoms with Crippen LogP contribution >= 0.6 is 12.2 Å². The van der Waals surface area contributed by atoms with Crippen molar-refractivity contribution in [3.05, 3.63) is 60.7 Å². The molecule has 0 atom stereocenters. The molecule has 0 saturated carbocycles. The molecule has 0 saturated heterocycles. The number of nitrogens with two attached hydrogens (primary N) is 2. The molecule has 134 valence electrons. The Labute approximate surface area is 156 Å². The van der Waals surface area contributed by atoms with Gasteiger partial charge in [0.1, 0.15) is 0 Å². The number of hydrogen-bond acceptors (Lipinski definition) is 4. The van der Waals surface area contributed by atoms with Gasteiger partial charge in [-0.3, -0.25) is 0 Å². The first-order valence-corrected chi connectivity index (χ1v) is 9.55. The van der Waals surface area contributed by atoms with Crippen LogP contribution in [0.4, 0.5) is 5.82 Å². The Morgan fingerprint density at radius 2 is 1.73 bits per heavy atom. The van der Waals surface area contributed by atoms with Crippen molar-refractivity contribution in [2.75, 3.05) is 11.9 Å². The van der Waals surface area contributed by atoms with Gasteiger partial charge in [0.15, 0.2) is 10.9 Å². The second-order valence-corrected chi connectivity index (χ2v) is 7.58. The Bertz CT molecular complexity index is 1040. The molecule has 0 bridgehead atoms. The second-order valence-electron chi connectivity index (χ2n) is 5.60. The largest absolute Gasteiger partial charge is 0.376 e. The third-order valence-electron chi connectivity index (χ3n) is 3.85. The van der Waals surface area contributed by atoms with E-state index in [9.17, 15) is 8.42 Å². The predicted octanol–water partition coefficient (Wildman–Crippen LogP) is 1.87. The van der Waals surface area contributed by atoms with Crippen LogP contribution in [-0.2, 0) is 10.0 Å². The van der Waals surface area contributed by atoms with Crippen molar-refractivity contribution in [3.63, 3.8) is 0 Å². The van der Waals surface area contributed by atoms with Gasteiger partial charge in [-0.25, -0.2) is 18.2 Å². The molecule has 0 radical (unpaired) electrons. The van der Waals surface area contributed by atoms with Crippen LogP contribution < -0.4 is 15.8 Å². The van der Waals surface area contributed by atoms with Crippen molar-refractivity contribution >= 4 is 33.2 Å². The fourth-order valence-corrected chi connectivity index (χ4v) is 3.04. The van der Waals surface area contributed by atoms with E-state index in [1.165, 1.54) is 12.1 Å². The molecule has 0 aliphatic rings. The van der Waals surface area contributed by atoms with Crippen LogP contribution in [0.25, 0.3) is 16.9 Å². The summed E-state index contributed by atoms with van der Waals surface area (Å²) in [5.74, 6) is 0.576. The Kier molecular flexibility index (Phi) is 4.77. The lowest BCUT2D eigenvalue weighted by molar-refractivity contribution is 0.598. The van der Waals surface area contributed by atoms with Gasteiger partial charge in [-0.2, -0.15) is 0 Å². The van der Waals surface area contributed by atoms with Crippen molar-refractivity contribution in [2.24, 2.45) is 10.9 Å². The average molecular weight is 387 g/mol. The summed E-state index contributed by atoms with van der Waals surface area (Å²) in [5.41, 5.74) is 8.13. The van der Waals surface area contributed by atoms with E-state index in [1.54, 1.807) is 28.8 Å². The molecule has 3 aromatic rings. The monoisotopic (exact) mass is 387 g/mol. The first kappa shape index (κ1) is 18.1. The number of hydrogen-bond donors (Lipinski definition) is 2. The van der Waals surface area contributed by atoms with Crippen LogP contribution in [0, 0.1) is 0 Å². The number of primary sulfonamides is 1. The van der Waals surface area contributed by atoms with E-state index in [-0.39, 0.29) is 10.0 Å². The molecule has 1 aromatic heterocycles. The van der Waals surface area contributed by atoms with Crippen LogP contribution in [0.1, 0.15) is 0 Å². The molecule has 0 aliphatic heterocycles. The summed E-state index contributed by atoms with van der Waals surface area (Å²) in [6.07, 6.45) is 0. The highest BCUT2D eigenvalue weighted by atomic mass is 32.2. The highest BCUT2D eigenvalue weighted by Gasteiger charge is 2.16. The zero-order valence-electron chi connectivity index (χ0n) is 13.9. The van der Waals surface area contributed by atoms with Gasteiger partial charge in [-0.15, -0.1) is 5.10 Å². The van der Waals surface area contributed by atoms with Crippen LogP contribution in [0.2, 0.25) is 0 Å². The molecular formula is C17H17N5O2S2. The lowest BCUT2D eigenvalue weighted by Gasteiger charge is -2.12. The van der Waals surface area contributed by atoms with E-state index in [4.69, 9.17) is 23.1 Å². The van der Waals surface area contributed by atoms with Crippen molar-refractivity contribution in [2.45, 2.75) is 4.90 Å². The van der Waals surface area contributed by atoms with Gasteiger partial charge < -0.3 is 10.6 Å². The number of anilines is 1. The summed E-state index contributed by atoms with van der Waals surface area (Å²) in [5, 5.41) is 9.92. The number of nitrogens with zero attached hydrogens (tertiary/aromatic N) is 3. The van der Waals surface area contributed by atoms with Gasteiger partial charge in [0, 0.05) is 18.7 Å². The maximum absolute atomic E-state index is 11.5. The molecule has 7 nitrogen and oxygen atoms in total. The number of thiocarbonyl (C=S) groups is 1. The summed E-state index contributed by atoms with van der Waals surface area (Å²) in [6, 6.07) is 17.7. The van der Waals surface area contributed by atoms with Gasteiger partial charge >= 0.3 is 0 Å². The summed E-state index contributed by atoms with van der Waals surface area (Å²) >= 11 is 5.02. The first-order valence-electron chi connectivity index (χ1n) is 7.59. The van der Waals surface area contributed by atoms with E-state index >= 15 is 0 Å². The van der Waals surface area contributed by atoms with E-state index in [2.05, 4.69) is 5.10 Å². The molecule has 0 amide bonds. The van der Waals surface area contributed by atoms with Crippen molar-refractivity contribution in [1.82, 2.24) is 9.78 Å². The topological polar surface area (TPSA) is 107 Å². The lowest BCUT2D eigenvalue weighted by atomic mass is 10.1. The molecule has 3 rings (SSSR count). The quantitative estimate of drug-likeness (QED) is 0.662. The van der Waals surface area contributed by atoms with Crippen molar-refractivity contribution < 1.29 is 8.42 Å². The first-order chi connectivity index (χ1) is 12.3. The molecule has 9 heteroatoms. The molecule has 4 N–H and O–H groups in total. The summed E-state index contributed by atoms with van der Waals surface area (Å²) in [4.78, 5) is 1.63. The molecule has 26 heavy (non-hydrogen) atoms. The third kappa shape index (κ3) is 3.59. The third-order valence-corrected chi connectivity index (χ3v) is 5.05. The highest BCUT2D eigenvalue weighted by molar-refractivity contribution is 7.89. The van der Waals surface area contributed by atoms with E-state index in [1.807, 2.05) is 36.4 Å². The zero-order valence-corrected chi connectivity index (χ0v) is 15.5. The Morgan fingerprint density at radius 1 is 1.12 bits per heavy atom. The van der Waals surface area contributed by atoms with Gasteiger partial charge in [-0.1, -0.05) is 30.3 Å². The van der Waals surface area contributed by atoms with Gasteiger partial charge in [-0.05, 0) is 36.5 Å². The smallest absolute Gasteiger partial charge is 0.238 e. The van der Waals surface area contributed by atoms with Crippen molar-refractivity contribution in [1.29, 1.82) is 0 Å². The highest BCUT2D eigenvalue weighted by Crippen LogP contribution is 2.27. The average Bonchev–Trinajstić information content (AvgIpc) is 3.06. The van der Waals surface area contributed by atoms with Gasteiger partial charge in [0.25, 0.3) is 0 Å². The number of sulfonamides is 1. The minimum Gasteiger partial charge on any atom is -0.376 e. The SMILES string of the molecule is CN(C(N)=S)c1cc(-c2ccccc2)n(-c2ccc(S(N)(=O)=O)cc2)n1.